The van der Waals surface area contributed by atoms with E-state index in [0.29, 0.717) is 25.3 Å². The second-order valence-electron chi connectivity index (χ2n) is 6.02. The fraction of sp³-hybridized carbons (Fsp3) is 0.600. The van der Waals surface area contributed by atoms with Crippen molar-refractivity contribution in [3.8, 4) is 0 Å². The molecule has 0 saturated carbocycles. The molecule has 1 aromatic carbocycles. The number of rotatable bonds is 8. The lowest BCUT2D eigenvalue weighted by atomic mass is 10.1. The van der Waals surface area contributed by atoms with Gasteiger partial charge in [0, 0.05) is 25.7 Å². The molecule has 0 atom stereocenters. The number of hydrogen-bond donors (Lipinski definition) is 2. The molecule has 0 amide bonds. The molecule has 0 saturated heterocycles. The van der Waals surface area contributed by atoms with Gasteiger partial charge in [-0.15, -0.1) is 0 Å². The third-order valence-electron chi connectivity index (χ3n) is 2.93. The van der Waals surface area contributed by atoms with E-state index in [1.807, 2.05) is 24.9 Å². The quantitative estimate of drug-likeness (QED) is 0.569. The normalized spacial score (nSPS) is 11.7. The molecule has 6 nitrogen and oxygen atoms in total. The summed E-state index contributed by atoms with van der Waals surface area (Å²) in [7, 11) is 1.88. The maximum atomic E-state index is 11.2. The Morgan fingerprint density at radius 2 is 2.10 bits per heavy atom. The summed E-state index contributed by atoms with van der Waals surface area (Å²) in [5, 5.41) is 24.0. The number of aliphatic hydroxyl groups is 1. The highest BCUT2D eigenvalue weighted by molar-refractivity contribution is 5.62. The van der Waals surface area contributed by atoms with Crippen LogP contribution in [0.15, 0.2) is 18.2 Å². The van der Waals surface area contributed by atoms with Crippen LogP contribution in [0.3, 0.4) is 0 Å². The van der Waals surface area contributed by atoms with Gasteiger partial charge in [-0.25, -0.2) is 0 Å². The van der Waals surface area contributed by atoms with Crippen LogP contribution in [0.25, 0.3) is 0 Å². The summed E-state index contributed by atoms with van der Waals surface area (Å²) in [6.45, 7) is 7.25. The number of nitro benzene ring substituents is 1. The summed E-state index contributed by atoms with van der Waals surface area (Å²) in [6.07, 6.45) is 0.910. The lowest BCUT2D eigenvalue weighted by molar-refractivity contribution is -0.384. The van der Waals surface area contributed by atoms with Gasteiger partial charge in [0.2, 0.25) is 0 Å². The molecule has 6 heteroatoms. The number of nitrogens with zero attached hydrogens (tertiary/aromatic N) is 2. The van der Waals surface area contributed by atoms with Crippen molar-refractivity contribution in [2.75, 3.05) is 25.5 Å². The average molecular weight is 295 g/mol. The highest BCUT2D eigenvalue weighted by atomic mass is 16.6. The van der Waals surface area contributed by atoms with Crippen molar-refractivity contribution in [3.63, 3.8) is 0 Å². The molecule has 0 aromatic heterocycles. The number of likely N-dealkylation sites (N-methyl/N-ethyl adjacent to an activating group) is 1. The predicted octanol–water partition coefficient (Wildman–Crippen LogP) is 2.62. The standard InChI is InChI=1S/C15H25N3O3/c1-5-8-16-13-7-6-12(9-14(13)18(20)21)10-17(4)11-15(2,3)19/h6-7,9,16,19H,5,8,10-11H2,1-4H3. The molecule has 0 bridgehead atoms. The maximum Gasteiger partial charge on any atom is 0.292 e. The maximum absolute atomic E-state index is 11.2. The topological polar surface area (TPSA) is 78.6 Å². The fourth-order valence-electron chi connectivity index (χ4n) is 2.26. The second kappa shape index (κ2) is 7.38. The smallest absolute Gasteiger partial charge is 0.292 e. The molecule has 0 aliphatic carbocycles. The van der Waals surface area contributed by atoms with Gasteiger partial charge < -0.3 is 10.4 Å². The minimum Gasteiger partial charge on any atom is -0.389 e. The number of benzene rings is 1. The Bertz CT molecular complexity index is 484. The molecule has 0 heterocycles. The molecular weight excluding hydrogens is 270 g/mol. The first-order chi connectivity index (χ1) is 9.73. The Morgan fingerprint density at radius 3 is 2.62 bits per heavy atom. The van der Waals surface area contributed by atoms with Gasteiger partial charge in [0.25, 0.3) is 5.69 Å². The summed E-state index contributed by atoms with van der Waals surface area (Å²) in [5.41, 5.74) is 0.715. The number of hydrogen-bond acceptors (Lipinski definition) is 5. The van der Waals surface area contributed by atoms with Crippen LogP contribution < -0.4 is 5.32 Å². The molecule has 0 radical (unpaired) electrons. The van der Waals surface area contributed by atoms with E-state index in [9.17, 15) is 15.2 Å². The van der Waals surface area contributed by atoms with Gasteiger partial charge >= 0.3 is 0 Å². The molecule has 0 aliphatic rings. The van der Waals surface area contributed by atoms with Crippen LogP contribution in [0.5, 0.6) is 0 Å². The SMILES string of the molecule is CCCNc1ccc(CN(C)CC(C)(C)O)cc1[N+](=O)[O-]. The zero-order valence-electron chi connectivity index (χ0n) is 13.2. The van der Waals surface area contributed by atoms with Gasteiger partial charge in [0.15, 0.2) is 0 Å². The number of nitrogens with one attached hydrogen (secondary N) is 1. The van der Waals surface area contributed by atoms with Crippen molar-refractivity contribution in [3.05, 3.63) is 33.9 Å². The van der Waals surface area contributed by atoms with Crippen molar-refractivity contribution in [1.29, 1.82) is 0 Å². The molecule has 0 unspecified atom stereocenters. The summed E-state index contributed by atoms with van der Waals surface area (Å²) < 4.78 is 0. The Balaban J connectivity index is 2.85. The molecular formula is C15H25N3O3. The van der Waals surface area contributed by atoms with Gasteiger partial charge in [0.05, 0.1) is 10.5 Å². The molecule has 118 valence electrons. The first-order valence-corrected chi connectivity index (χ1v) is 7.15. The highest BCUT2D eigenvalue weighted by Crippen LogP contribution is 2.26. The molecule has 0 aliphatic heterocycles. The molecule has 21 heavy (non-hydrogen) atoms. The first kappa shape index (κ1) is 17.4. The van der Waals surface area contributed by atoms with Crippen LogP contribution in [0.1, 0.15) is 32.8 Å². The van der Waals surface area contributed by atoms with Crippen molar-refractivity contribution < 1.29 is 10.0 Å². The van der Waals surface area contributed by atoms with Gasteiger partial charge in [-0.1, -0.05) is 13.0 Å². The molecule has 0 fully saturated rings. The second-order valence-corrected chi connectivity index (χ2v) is 6.02. The van der Waals surface area contributed by atoms with Gasteiger partial charge in [-0.05, 0) is 38.9 Å². The van der Waals surface area contributed by atoms with E-state index < -0.39 is 5.60 Å². The van der Waals surface area contributed by atoms with Crippen molar-refractivity contribution in [2.24, 2.45) is 0 Å². The Labute approximate surface area is 125 Å². The Kier molecular flexibility index (Phi) is 6.11. The molecule has 1 aromatic rings. The number of anilines is 1. The van der Waals surface area contributed by atoms with E-state index in [1.165, 1.54) is 0 Å². The lowest BCUT2D eigenvalue weighted by Gasteiger charge is -2.25. The highest BCUT2D eigenvalue weighted by Gasteiger charge is 2.18. The van der Waals surface area contributed by atoms with Crippen LogP contribution in [0.2, 0.25) is 0 Å². The average Bonchev–Trinajstić information content (AvgIpc) is 2.34. The van der Waals surface area contributed by atoms with E-state index in [-0.39, 0.29) is 10.6 Å². The predicted molar refractivity (Wildman–Crippen MR) is 84.5 cm³/mol. The minimum absolute atomic E-state index is 0.0950. The molecule has 2 N–H and O–H groups in total. The van der Waals surface area contributed by atoms with Crippen LogP contribution in [0, 0.1) is 10.1 Å². The van der Waals surface area contributed by atoms with Gasteiger partial charge in [-0.3, -0.25) is 15.0 Å². The largest absolute Gasteiger partial charge is 0.389 e. The zero-order valence-corrected chi connectivity index (χ0v) is 13.2. The third-order valence-corrected chi connectivity index (χ3v) is 2.93. The van der Waals surface area contributed by atoms with E-state index in [2.05, 4.69) is 5.32 Å². The van der Waals surface area contributed by atoms with Crippen molar-refractivity contribution >= 4 is 11.4 Å². The van der Waals surface area contributed by atoms with Crippen molar-refractivity contribution in [1.82, 2.24) is 4.90 Å². The summed E-state index contributed by atoms with van der Waals surface area (Å²) >= 11 is 0. The van der Waals surface area contributed by atoms with Crippen LogP contribution >= 0.6 is 0 Å². The van der Waals surface area contributed by atoms with Gasteiger partial charge in [-0.2, -0.15) is 0 Å². The minimum atomic E-state index is -0.788. The lowest BCUT2D eigenvalue weighted by Crippen LogP contribution is -2.35. The van der Waals surface area contributed by atoms with Crippen molar-refractivity contribution in [2.45, 2.75) is 39.3 Å². The van der Waals surface area contributed by atoms with E-state index in [1.54, 1.807) is 26.0 Å². The van der Waals surface area contributed by atoms with Crippen LogP contribution in [-0.2, 0) is 6.54 Å². The Hall–Kier alpha value is -1.66. The first-order valence-electron chi connectivity index (χ1n) is 7.15. The Morgan fingerprint density at radius 1 is 1.43 bits per heavy atom. The summed E-state index contributed by atoms with van der Waals surface area (Å²) in [6, 6.07) is 5.23. The third kappa shape index (κ3) is 6.10. The zero-order chi connectivity index (χ0) is 16.0. The van der Waals surface area contributed by atoms with Gasteiger partial charge in [0.1, 0.15) is 5.69 Å². The summed E-state index contributed by atoms with van der Waals surface area (Å²) in [4.78, 5) is 12.7. The fourth-order valence-corrected chi connectivity index (χ4v) is 2.26. The van der Waals surface area contributed by atoms with Crippen LogP contribution in [0.4, 0.5) is 11.4 Å². The van der Waals surface area contributed by atoms with E-state index >= 15 is 0 Å². The van der Waals surface area contributed by atoms with E-state index in [4.69, 9.17) is 0 Å². The van der Waals surface area contributed by atoms with E-state index in [0.717, 1.165) is 12.0 Å². The molecule has 1 rings (SSSR count). The summed E-state index contributed by atoms with van der Waals surface area (Å²) in [5.74, 6) is 0. The number of nitro groups is 1. The van der Waals surface area contributed by atoms with Crippen LogP contribution in [-0.4, -0.2) is 40.7 Å². The monoisotopic (exact) mass is 295 g/mol. The molecule has 0 spiro atoms.